The van der Waals surface area contributed by atoms with Crippen LogP contribution in [0.15, 0.2) is 18.2 Å². The van der Waals surface area contributed by atoms with Gasteiger partial charge in [0.1, 0.15) is 0 Å². The molecule has 0 spiro atoms. The third-order valence-corrected chi connectivity index (χ3v) is 4.48. The average Bonchev–Trinajstić information content (AvgIpc) is 2.79. The molecule has 0 heterocycles. The van der Waals surface area contributed by atoms with E-state index in [1.807, 2.05) is 19.1 Å². The van der Waals surface area contributed by atoms with E-state index in [0.29, 0.717) is 10.0 Å². The van der Waals surface area contributed by atoms with Crippen LogP contribution in [0, 0.1) is 5.92 Å². The number of carbonyl (C=O) groups excluding carboxylic acids is 1. The summed E-state index contributed by atoms with van der Waals surface area (Å²) in [5, 5.41) is 3.99. The van der Waals surface area contributed by atoms with Gasteiger partial charge in [-0.05, 0) is 37.8 Å². The largest absolute Gasteiger partial charge is 0.349 e. The minimum atomic E-state index is -0.157. The number of nitrogens with one attached hydrogen (secondary N) is 1. The lowest BCUT2D eigenvalue weighted by atomic mass is 10.0. The van der Waals surface area contributed by atoms with Crippen molar-refractivity contribution in [2.24, 2.45) is 11.7 Å². The fraction of sp³-hybridized carbons (Fsp3) is 0.500. The molecule has 0 aliphatic heterocycles. The molecule has 5 heteroatoms. The molecule has 1 aromatic rings. The standard InChI is InChI=1S/C14H18Cl2N2O/c1-8(11-3-2-4-12(15)13(11)16)18-14(19)9-5-6-10(17)7-9/h2-4,8-10H,5-7,17H2,1H3,(H,18,19)/t8-,9-,10+/m0/s1. The Labute approximate surface area is 123 Å². The van der Waals surface area contributed by atoms with Crippen molar-refractivity contribution in [3.63, 3.8) is 0 Å². The van der Waals surface area contributed by atoms with E-state index >= 15 is 0 Å². The van der Waals surface area contributed by atoms with Crippen LogP contribution in [0.2, 0.25) is 10.0 Å². The summed E-state index contributed by atoms with van der Waals surface area (Å²) in [5.41, 5.74) is 6.67. The lowest BCUT2D eigenvalue weighted by molar-refractivity contribution is -0.125. The number of halogens is 2. The molecule has 0 unspecified atom stereocenters. The van der Waals surface area contributed by atoms with E-state index in [4.69, 9.17) is 28.9 Å². The predicted octanol–water partition coefficient (Wildman–Crippen LogP) is 3.30. The van der Waals surface area contributed by atoms with Gasteiger partial charge in [0.2, 0.25) is 5.91 Å². The Morgan fingerprint density at radius 1 is 1.42 bits per heavy atom. The molecule has 1 aliphatic rings. The van der Waals surface area contributed by atoms with Crippen LogP contribution in [0.5, 0.6) is 0 Å². The van der Waals surface area contributed by atoms with Crippen LogP contribution in [0.25, 0.3) is 0 Å². The molecule has 0 aromatic heterocycles. The third-order valence-electron chi connectivity index (χ3n) is 3.65. The van der Waals surface area contributed by atoms with Crippen LogP contribution in [-0.4, -0.2) is 11.9 Å². The van der Waals surface area contributed by atoms with Crippen molar-refractivity contribution in [1.82, 2.24) is 5.32 Å². The molecule has 1 fully saturated rings. The first-order valence-corrected chi connectivity index (χ1v) is 7.24. The normalized spacial score (nSPS) is 24.2. The number of hydrogen-bond donors (Lipinski definition) is 2. The number of carbonyl (C=O) groups is 1. The van der Waals surface area contributed by atoms with Gasteiger partial charge in [-0.25, -0.2) is 0 Å². The second-order valence-corrected chi connectivity index (χ2v) is 5.93. The highest BCUT2D eigenvalue weighted by atomic mass is 35.5. The third kappa shape index (κ3) is 3.41. The van der Waals surface area contributed by atoms with Crippen LogP contribution in [0.4, 0.5) is 0 Å². The predicted molar refractivity (Wildman–Crippen MR) is 78.3 cm³/mol. The molecule has 1 amide bonds. The Balaban J connectivity index is 2.02. The van der Waals surface area contributed by atoms with Crippen molar-refractivity contribution in [3.05, 3.63) is 33.8 Å². The summed E-state index contributed by atoms with van der Waals surface area (Å²) < 4.78 is 0. The van der Waals surface area contributed by atoms with E-state index < -0.39 is 0 Å². The Morgan fingerprint density at radius 2 is 2.16 bits per heavy atom. The first-order chi connectivity index (χ1) is 8.99. The smallest absolute Gasteiger partial charge is 0.223 e. The second kappa shape index (κ2) is 6.12. The molecule has 19 heavy (non-hydrogen) atoms. The summed E-state index contributed by atoms with van der Waals surface area (Å²) in [7, 11) is 0. The summed E-state index contributed by atoms with van der Waals surface area (Å²) in [5.74, 6) is 0.0758. The Morgan fingerprint density at radius 3 is 2.79 bits per heavy atom. The lowest BCUT2D eigenvalue weighted by Crippen LogP contribution is -2.32. The van der Waals surface area contributed by atoms with E-state index in [9.17, 15) is 4.79 Å². The van der Waals surface area contributed by atoms with Gasteiger partial charge in [-0.15, -0.1) is 0 Å². The van der Waals surface area contributed by atoms with E-state index in [1.54, 1.807) is 6.07 Å². The van der Waals surface area contributed by atoms with Crippen LogP contribution >= 0.6 is 23.2 Å². The minimum absolute atomic E-state index is 0.0235. The molecule has 104 valence electrons. The van der Waals surface area contributed by atoms with E-state index in [0.717, 1.165) is 24.8 Å². The van der Waals surface area contributed by atoms with E-state index in [1.165, 1.54) is 0 Å². The average molecular weight is 301 g/mol. The maximum Gasteiger partial charge on any atom is 0.223 e. The zero-order valence-corrected chi connectivity index (χ0v) is 12.3. The van der Waals surface area contributed by atoms with Gasteiger partial charge in [0.05, 0.1) is 16.1 Å². The Kier molecular flexibility index (Phi) is 4.71. The van der Waals surface area contributed by atoms with Gasteiger partial charge in [-0.3, -0.25) is 4.79 Å². The highest BCUT2D eigenvalue weighted by Gasteiger charge is 2.28. The van der Waals surface area contributed by atoms with Crippen molar-refractivity contribution < 1.29 is 4.79 Å². The van der Waals surface area contributed by atoms with Crippen molar-refractivity contribution in [2.45, 2.75) is 38.3 Å². The number of nitrogens with two attached hydrogens (primary N) is 1. The van der Waals surface area contributed by atoms with Gasteiger partial charge in [0, 0.05) is 12.0 Å². The summed E-state index contributed by atoms with van der Waals surface area (Å²) in [6.07, 6.45) is 2.55. The zero-order chi connectivity index (χ0) is 14.0. The van der Waals surface area contributed by atoms with Gasteiger partial charge in [-0.2, -0.15) is 0 Å². The Hall–Kier alpha value is -0.770. The molecule has 3 nitrogen and oxygen atoms in total. The van der Waals surface area contributed by atoms with Crippen molar-refractivity contribution in [3.8, 4) is 0 Å². The Bertz CT molecular complexity index is 479. The summed E-state index contributed by atoms with van der Waals surface area (Å²) in [6, 6.07) is 5.44. The molecule has 0 bridgehead atoms. The summed E-state index contributed by atoms with van der Waals surface area (Å²) in [6.45, 7) is 1.91. The molecule has 1 aromatic carbocycles. The maximum atomic E-state index is 12.1. The molecular weight excluding hydrogens is 283 g/mol. The number of rotatable bonds is 3. The minimum Gasteiger partial charge on any atom is -0.349 e. The molecular formula is C14H18Cl2N2O. The lowest BCUT2D eigenvalue weighted by Gasteiger charge is -2.19. The molecule has 1 saturated carbocycles. The van der Waals surface area contributed by atoms with Crippen molar-refractivity contribution in [2.75, 3.05) is 0 Å². The highest BCUT2D eigenvalue weighted by molar-refractivity contribution is 6.42. The zero-order valence-electron chi connectivity index (χ0n) is 10.8. The monoisotopic (exact) mass is 300 g/mol. The second-order valence-electron chi connectivity index (χ2n) is 5.14. The van der Waals surface area contributed by atoms with E-state index in [-0.39, 0.29) is 23.9 Å². The summed E-state index contributed by atoms with van der Waals surface area (Å²) in [4.78, 5) is 12.1. The van der Waals surface area contributed by atoms with Crippen LogP contribution in [0.1, 0.15) is 37.8 Å². The number of benzene rings is 1. The van der Waals surface area contributed by atoms with E-state index in [2.05, 4.69) is 5.32 Å². The van der Waals surface area contributed by atoms with Gasteiger partial charge < -0.3 is 11.1 Å². The van der Waals surface area contributed by atoms with Gasteiger partial charge in [0.15, 0.2) is 0 Å². The van der Waals surface area contributed by atoms with Gasteiger partial charge in [0.25, 0.3) is 0 Å². The molecule has 2 rings (SSSR count). The first kappa shape index (κ1) is 14.6. The number of amides is 1. The van der Waals surface area contributed by atoms with Crippen LogP contribution < -0.4 is 11.1 Å². The first-order valence-electron chi connectivity index (χ1n) is 6.49. The van der Waals surface area contributed by atoms with Crippen molar-refractivity contribution >= 4 is 29.1 Å². The van der Waals surface area contributed by atoms with Crippen LogP contribution in [-0.2, 0) is 4.79 Å². The maximum absolute atomic E-state index is 12.1. The van der Waals surface area contributed by atoms with Crippen LogP contribution in [0.3, 0.4) is 0 Å². The quantitative estimate of drug-likeness (QED) is 0.900. The molecule has 3 N–H and O–H groups in total. The molecule has 1 aliphatic carbocycles. The SMILES string of the molecule is C[C@H](NC(=O)[C@H]1CC[C@@H](N)C1)c1cccc(Cl)c1Cl. The molecule has 0 radical (unpaired) electrons. The highest BCUT2D eigenvalue weighted by Crippen LogP contribution is 2.30. The molecule has 3 atom stereocenters. The van der Waals surface area contributed by atoms with Crippen molar-refractivity contribution in [1.29, 1.82) is 0 Å². The number of hydrogen-bond acceptors (Lipinski definition) is 2. The fourth-order valence-electron chi connectivity index (χ4n) is 2.52. The van der Waals surface area contributed by atoms with Gasteiger partial charge >= 0.3 is 0 Å². The topological polar surface area (TPSA) is 55.1 Å². The molecule has 0 saturated heterocycles. The summed E-state index contributed by atoms with van der Waals surface area (Å²) >= 11 is 12.1. The fourth-order valence-corrected chi connectivity index (χ4v) is 2.99. The van der Waals surface area contributed by atoms with Gasteiger partial charge in [-0.1, -0.05) is 35.3 Å².